The summed E-state index contributed by atoms with van der Waals surface area (Å²) in [6.07, 6.45) is -0.495. The van der Waals surface area contributed by atoms with Gasteiger partial charge in [0.15, 0.2) is 0 Å². The number of ether oxygens (including phenoxy) is 1. The summed E-state index contributed by atoms with van der Waals surface area (Å²) in [7, 11) is 5.44. The van der Waals surface area contributed by atoms with Crippen molar-refractivity contribution in [2.45, 2.75) is 24.7 Å². The number of aliphatic hydroxyl groups is 2. The van der Waals surface area contributed by atoms with Crippen LogP contribution in [0, 0.1) is 5.92 Å². The van der Waals surface area contributed by atoms with Crippen LogP contribution < -0.4 is 0 Å². The molecule has 4 heteroatoms. The number of likely N-dealkylation sites (N-methyl/N-ethyl adjacent to an activating group) is 1. The van der Waals surface area contributed by atoms with Gasteiger partial charge in [0.05, 0.1) is 18.8 Å². The lowest BCUT2D eigenvalue weighted by molar-refractivity contribution is -0.0152. The summed E-state index contributed by atoms with van der Waals surface area (Å²) in [5.74, 6) is 0.0624. The van der Waals surface area contributed by atoms with Crippen molar-refractivity contribution < 1.29 is 14.9 Å². The standard InChI is InChI=1S/C9H19NO3/c1-10(2)7-4-6(5-13-3)8(11)9(7)12/h6-9,11-12H,4-5H2,1-3H3/t6-,7-,8-,9+/m1/s1. The van der Waals surface area contributed by atoms with Crippen molar-refractivity contribution in [1.29, 1.82) is 0 Å². The van der Waals surface area contributed by atoms with Gasteiger partial charge in [0, 0.05) is 19.1 Å². The number of aliphatic hydroxyl groups excluding tert-OH is 2. The zero-order valence-corrected chi connectivity index (χ0v) is 8.47. The minimum Gasteiger partial charge on any atom is -0.390 e. The van der Waals surface area contributed by atoms with Crippen LogP contribution in [0.25, 0.3) is 0 Å². The van der Waals surface area contributed by atoms with Crippen molar-refractivity contribution >= 4 is 0 Å². The first-order valence-electron chi connectivity index (χ1n) is 4.59. The Morgan fingerprint density at radius 2 is 1.92 bits per heavy atom. The minimum atomic E-state index is -0.646. The van der Waals surface area contributed by atoms with Gasteiger partial charge < -0.3 is 19.8 Å². The lowest BCUT2D eigenvalue weighted by Crippen LogP contribution is -2.39. The van der Waals surface area contributed by atoms with Gasteiger partial charge in [0.2, 0.25) is 0 Å². The minimum absolute atomic E-state index is 0.0511. The lowest BCUT2D eigenvalue weighted by Gasteiger charge is -2.22. The molecule has 0 radical (unpaired) electrons. The molecule has 4 nitrogen and oxygen atoms in total. The van der Waals surface area contributed by atoms with Crippen LogP contribution in [0.4, 0.5) is 0 Å². The highest BCUT2D eigenvalue weighted by atomic mass is 16.5. The quantitative estimate of drug-likeness (QED) is 0.617. The predicted octanol–water partition coefficient (Wildman–Crippen LogP) is -0.695. The molecule has 4 atom stereocenters. The Labute approximate surface area is 79.1 Å². The van der Waals surface area contributed by atoms with Crippen molar-refractivity contribution in [2.24, 2.45) is 5.92 Å². The van der Waals surface area contributed by atoms with Gasteiger partial charge in [-0.1, -0.05) is 0 Å². The van der Waals surface area contributed by atoms with Crippen LogP contribution >= 0.6 is 0 Å². The fraction of sp³-hybridized carbons (Fsp3) is 1.00. The van der Waals surface area contributed by atoms with Gasteiger partial charge in [-0.15, -0.1) is 0 Å². The molecule has 0 bridgehead atoms. The average Bonchev–Trinajstić information content (AvgIpc) is 2.33. The second kappa shape index (κ2) is 4.37. The molecule has 0 saturated heterocycles. The summed E-state index contributed by atoms with van der Waals surface area (Å²) in [6, 6.07) is 0.0511. The Balaban J connectivity index is 2.56. The second-order valence-corrected chi connectivity index (χ2v) is 3.96. The summed E-state index contributed by atoms with van der Waals surface area (Å²) in [6.45, 7) is 0.516. The van der Waals surface area contributed by atoms with Gasteiger partial charge >= 0.3 is 0 Å². The molecule has 78 valence electrons. The third-order valence-electron chi connectivity index (χ3n) is 2.82. The Morgan fingerprint density at radius 3 is 2.31 bits per heavy atom. The fourth-order valence-corrected chi connectivity index (χ4v) is 1.99. The van der Waals surface area contributed by atoms with Gasteiger partial charge in [-0.3, -0.25) is 0 Å². The van der Waals surface area contributed by atoms with E-state index in [0.717, 1.165) is 6.42 Å². The molecule has 1 fully saturated rings. The topological polar surface area (TPSA) is 52.9 Å². The Kier molecular flexibility index (Phi) is 3.67. The molecule has 0 aliphatic heterocycles. The van der Waals surface area contributed by atoms with E-state index >= 15 is 0 Å². The smallest absolute Gasteiger partial charge is 0.0957 e. The maximum atomic E-state index is 9.68. The van der Waals surface area contributed by atoms with Gasteiger partial charge in [-0.2, -0.15) is 0 Å². The first-order chi connectivity index (χ1) is 6.07. The van der Waals surface area contributed by atoms with E-state index in [0.29, 0.717) is 6.61 Å². The van der Waals surface area contributed by atoms with Crippen LogP contribution in [-0.4, -0.2) is 61.2 Å². The number of hydrogen-bond acceptors (Lipinski definition) is 4. The van der Waals surface area contributed by atoms with Crippen LogP contribution in [0.1, 0.15) is 6.42 Å². The molecule has 0 aromatic heterocycles. The Morgan fingerprint density at radius 1 is 1.31 bits per heavy atom. The molecular formula is C9H19NO3. The van der Waals surface area contributed by atoms with Crippen molar-refractivity contribution in [3.8, 4) is 0 Å². The van der Waals surface area contributed by atoms with Crippen LogP contribution in [0.5, 0.6) is 0 Å². The van der Waals surface area contributed by atoms with Crippen molar-refractivity contribution in [2.75, 3.05) is 27.8 Å². The lowest BCUT2D eigenvalue weighted by atomic mass is 10.1. The third kappa shape index (κ3) is 2.20. The van der Waals surface area contributed by atoms with Crippen molar-refractivity contribution in [1.82, 2.24) is 4.90 Å². The first-order valence-corrected chi connectivity index (χ1v) is 4.59. The van der Waals surface area contributed by atoms with Gasteiger partial charge in [-0.25, -0.2) is 0 Å². The monoisotopic (exact) mass is 189 g/mol. The number of hydrogen-bond donors (Lipinski definition) is 2. The Hall–Kier alpha value is -0.160. The van der Waals surface area contributed by atoms with Crippen LogP contribution in [0.15, 0.2) is 0 Å². The van der Waals surface area contributed by atoms with Crippen LogP contribution in [-0.2, 0) is 4.74 Å². The fourth-order valence-electron chi connectivity index (χ4n) is 1.99. The normalized spacial score (nSPS) is 40.2. The summed E-state index contributed by atoms with van der Waals surface area (Å²) in [4.78, 5) is 1.95. The molecule has 0 amide bonds. The van der Waals surface area contributed by atoms with Crippen LogP contribution in [0.3, 0.4) is 0 Å². The highest BCUT2D eigenvalue weighted by molar-refractivity contribution is 4.95. The molecule has 1 aliphatic rings. The maximum absolute atomic E-state index is 9.68. The number of rotatable bonds is 3. The maximum Gasteiger partial charge on any atom is 0.0957 e. The van der Waals surface area contributed by atoms with Gasteiger partial charge in [0.25, 0.3) is 0 Å². The van der Waals surface area contributed by atoms with E-state index in [1.165, 1.54) is 0 Å². The molecule has 1 aliphatic carbocycles. The highest BCUT2D eigenvalue weighted by Crippen LogP contribution is 2.29. The number of methoxy groups -OCH3 is 1. The summed E-state index contributed by atoms with van der Waals surface area (Å²) in [5, 5.41) is 19.3. The molecule has 1 rings (SSSR count). The zero-order chi connectivity index (χ0) is 10.0. The SMILES string of the molecule is COC[C@H]1C[C@@H](N(C)C)[C@H](O)[C@@H]1O. The van der Waals surface area contributed by atoms with E-state index in [2.05, 4.69) is 0 Å². The van der Waals surface area contributed by atoms with Crippen molar-refractivity contribution in [3.63, 3.8) is 0 Å². The van der Waals surface area contributed by atoms with E-state index in [1.807, 2.05) is 19.0 Å². The summed E-state index contributed by atoms with van der Waals surface area (Å²) in [5.41, 5.74) is 0. The van der Waals surface area contributed by atoms with E-state index in [1.54, 1.807) is 7.11 Å². The van der Waals surface area contributed by atoms with E-state index in [4.69, 9.17) is 4.74 Å². The largest absolute Gasteiger partial charge is 0.390 e. The molecule has 2 N–H and O–H groups in total. The predicted molar refractivity (Wildman–Crippen MR) is 49.5 cm³/mol. The molecule has 0 unspecified atom stereocenters. The molecule has 0 aromatic carbocycles. The molecule has 0 spiro atoms. The first kappa shape index (κ1) is 10.9. The van der Waals surface area contributed by atoms with E-state index in [9.17, 15) is 10.2 Å². The van der Waals surface area contributed by atoms with Crippen molar-refractivity contribution in [3.05, 3.63) is 0 Å². The third-order valence-corrected chi connectivity index (χ3v) is 2.82. The molecule has 0 heterocycles. The summed E-state index contributed by atoms with van der Waals surface area (Å²) < 4.78 is 4.98. The second-order valence-electron chi connectivity index (χ2n) is 3.96. The Bertz CT molecular complexity index is 163. The van der Waals surface area contributed by atoms with Gasteiger partial charge in [-0.05, 0) is 20.5 Å². The molecule has 13 heavy (non-hydrogen) atoms. The molecular weight excluding hydrogens is 170 g/mol. The summed E-state index contributed by atoms with van der Waals surface area (Å²) >= 11 is 0. The van der Waals surface area contributed by atoms with Gasteiger partial charge in [0.1, 0.15) is 0 Å². The average molecular weight is 189 g/mol. The van der Waals surface area contributed by atoms with E-state index < -0.39 is 12.2 Å². The molecule has 1 saturated carbocycles. The highest BCUT2D eigenvalue weighted by Gasteiger charge is 2.42. The number of nitrogens with zero attached hydrogens (tertiary/aromatic N) is 1. The van der Waals surface area contributed by atoms with E-state index in [-0.39, 0.29) is 12.0 Å². The van der Waals surface area contributed by atoms with Crippen LogP contribution in [0.2, 0.25) is 0 Å². The molecule has 0 aromatic rings. The zero-order valence-electron chi connectivity index (χ0n) is 8.47.